The Hall–Kier alpha value is -1.29. The second-order valence-corrected chi connectivity index (χ2v) is 3.80. The van der Waals surface area contributed by atoms with Crippen molar-refractivity contribution in [3.63, 3.8) is 0 Å². The Morgan fingerprint density at radius 1 is 1.40 bits per heavy atom. The summed E-state index contributed by atoms with van der Waals surface area (Å²) in [4.78, 5) is 4.01. The summed E-state index contributed by atoms with van der Waals surface area (Å²) in [6.07, 6.45) is 5.43. The van der Waals surface area contributed by atoms with Gasteiger partial charge in [-0.1, -0.05) is 22.0 Å². The molecule has 0 unspecified atom stereocenters. The number of ether oxygens (including phenoxy) is 1. The van der Waals surface area contributed by atoms with Crippen LogP contribution in [0.2, 0.25) is 0 Å². The molecule has 0 bridgehead atoms. The predicted octanol–water partition coefficient (Wildman–Crippen LogP) is 2.65. The summed E-state index contributed by atoms with van der Waals surface area (Å²) < 4.78 is 7.46. The van der Waals surface area contributed by atoms with Crippen molar-refractivity contribution in [1.29, 1.82) is 0 Å². The molecule has 1 aromatic carbocycles. The van der Waals surface area contributed by atoms with Gasteiger partial charge in [0.1, 0.15) is 5.75 Å². The van der Waals surface area contributed by atoms with Gasteiger partial charge in [0.2, 0.25) is 0 Å². The molecule has 3 nitrogen and oxygen atoms in total. The quantitative estimate of drug-likeness (QED) is 0.796. The highest BCUT2D eigenvalue weighted by Crippen LogP contribution is 2.16. The number of halogens is 1. The van der Waals surface area contributed by atoms with Gasteiger partial charge >= 0.3 is 0 Å². The average molecular weight is 267 g/mol. The zero-order valence-corrected chi connectivity index (χ0v) is 9.72. The van der Waals surface area contributed by atoms with Crippen LogP contribution < -0.4 is 4.74 Å². The molecular formula is C11H11BrN2O. The highest BCUT2D eigenvalue weighted by molar-refractivity contribution is 9.09. The van der Waals surface area contributed by atoms with Crippen LogP contribution in [0.5, 0.6) is 5.75 Å². The third-order valence-corrected chi connectivity index (χ3v) is 2.29. The molecule has 0 N–H and O–H groups in total. The van der Waals surface area contributed by atoms with E-state index in [2.05, 4.69) is 20.9 Å². The van der Waals surface area contributed by atoms with Crippen LogP contribution in [-0.2, 0) is 0 Å². The van der Waals surface area contributed by atoms with Crippen molar-refractivity contribution in [2.24, 2.45) is 0 Å². The number of rotatable bonds is 4. The summed E-state index contributed by atoms with van der Waals surface area (Å²) in [5.74, 6) is 0.876. The first-order valence-electron chi connectivity index (χ1n) is 4.67. The molecule has 0 saturated heterocycles. The standard InChI is InChI=1S/C11H11BrN2O/c12-4-7-15-11-3-1-2-10(8-11)14-6-5-13-9-14/h1-3,5-6,8-9H,4,7H2. The normalized spacial score (nSPS) is 10.2. The Morgan fingerprint density at radius 2 is 2.33 bits per heavy atom. The van der Waals surface area contributed by atoms with E-state index in [1.165, 1.54) is 0 Å². The van der Waals surface area contributed by atoms with E-state index < -0.39 is 0 Å². The number of hydrogen-bond acceptors (Lipinski definition) is 2. The summed E-state index contributed by atoms with van der Waals surface area (Å²) in [5, 5.41) is 0.836. The van der Waals surface area contributed by atoms with Gasteiger partial charge in [0.15, 0.2) is 0 Å². The zero-order valence-electron chi connectivity index (χ0n) is 8.14. The SMILES string of the molecule is BrCCOc1cccc(-n2ccnc2)c1. The zero-order chi connectivity index (χ0) is 10.5. The van der Waals surface area contributed by atoms with E-state index in [1.807, 2.05) is 35.0 Å². The highest BCUT2D eigenvalue weighted by atomic mass is 79.9. The molecule has 0 aliphatic carbocycles. The Bertz CT molecular complexity index is 414. The van der Waals surface area contributed by atoms with Crippen molar-refractivity contribution in [2.45, 2.75) is 0 Å². The van der Waals surface area contributed by atoms with Crippen molar-refractivity contribution >= 4 is 15.9 Å². The third kappa shape index (κ3) is 2.59. The number of aromatic nitrogens is 2. The van der Waals surface area contributed by atoms with Crippen LogP contribution in [0.1, 0.15) is 0 Å². The van der Waals surface area contributed by atoms with Gasteiger partial charge < -0.3 is 9.30 Å². The minimum Gasteiger partial charge on any atom is -0.493 e. The average Bonchev–Trinajstić information content (AvgIpc) is 2.80. The lowest BCUT2D eigenvalue weighted by molar-refractivity contribution is 0.345. The molecule has 1 heterocycles. The van der Waals surface area contributed by atoms with Gasteiger partial charge in [-0.3, -0.25) is 0 Å². The van der Waals surface area contributed by atoms with Crippen molar-refractivity contribution < 1.29 is 4.74 Å². The maximum atomic E-state index is 5.51. The molecule has 0 saturated carbocycles. The molecule has 2 rings (SSSR count). The Kier molecular flexibility index (Phi) is 3.40. The molecule has 15 heavy (non-hydrogen) atoms. The van der Waals surface area contributed by atoms with Gasteiger partial charge in [-0.2, -0.15) is 0 Å². The predicted molar refractivity (Wildman–Crippen MR) is 62.9 cm³/mol. The number of nitrogens with zero attached hydrogens (tertiary/aromatic N) is 2. The topological polar surface area (TPSA) is 27.1 Å². The summed E-state index contributed by atoms with van der Waals surface area (Å²) in [5.41, 5.74) is 1.06. The second-order valence-electron chi connectivity index (χ2n) is 3.00. The first-order valence-corrected chi connectivity index (χ1v) is 5.79. The van der Waals surface area contributed by atoms with E-state index >= 15 is 0 Å². The summed E-state index contributed by atoms with van der Waals surface area (Å²) >= 11 is 3.32. The van der Waals surface area contributed by atoms with Crippen LogP contribution >= 0.6 is 15.9 Å². The van der Waals surface area contributed by atoms with Crippen LogP contribution in [-0.4, -0.2) is 21.5 Å². The molecule has 0 aliphatic heterocycles. The van der Waals surface area contributed by atoms with Gasteiger partial charge in [-0.05, 0) is 12.1 Å². The lowest BCUT2D eigenvalue weighted by Gasteiger charge is -2.06. The van der Waals surface area contributed by atoms with Gasteiger partial charge in [-0.15, -0.1) is 0 Å². The molecule has 4 heteroatoms. The lowest BCUT2D eigenvalue weighted by Crippen LogP contribution is -1.98. The van der Waals surface area contributed by atoms with Crippen molar-refractivity contribution in [3.8, 4) is 11.4 Å². The Morgan fingerprint density at radius 3 is 3.07 bits per heavy atom. The van der Waals surface area contributed by atoms with E-state index in [0.29, 0.717) is 6.61 Å². The molecule has 0 fully saturated rings. The van der Waals surface area contributed by atoms with E-state index in [4.69, 9.17) is 4.74 Å². The van der Waals surface area contributed by atoms with Gasteiger partial charge in [0.05, 0.1) is 18.6 Å². The van der Waals surface area contributed by atoms with Crippen molar-refractivity contribution in [1.82, 2.24) is 9.55 Å². The van der Waals surface area contributed by atoms with E-state index in [0.717, 1.165) is 16.8 Å². The van der Waals surface area contributed by atoms with Crippen LogP contribution in [0.3, 0.4) is 0 Å². The van der Waals surface area contributed by atoms with E-state index in [9.17, 15) is 0 Å². The molecule has 1 aromatic heterocycles. The molecule has 0 radical (unpaired) electrons. The van der Waals surface area contributed by atoms with Gasteiger partial charge in [0, 0.05) is 23.8 Å². The van der Waals surface area contributed by atoms with Crippen LogP contribution in [0.25, 0.3) is 5.69 Å². The minimum atomic E-state index is 0.674. The molecule has 0 spiro atoms. The molecule has 2 aromatic rings. The number of hydrogen-bond donors (Lipinski definition) is 0. The van der Waals surface area contributed by atoms with Crippen LogP contribution in [0, 0.1) is 0 Å². The van der Waals surface area contributed by atoms with Crippen LogP contribution in [0.4, 0.5) is 0 Å². The van der Waals surface area contributed by atoms with Crippen LogP contribution in [0.15, 0.2) is 43.0 Å². The minimum absolute atomic E-state index is 0.674. The molecule has 78 valence electrons. The third-order valence-electron chi connectivity index (χ3n) is 1.97. The van der Waals surface area contributed by atoms with Crippen molar-refractivity contribution in [2.75, 3.05) is 11.9 Å². The van der Waals surface area contributed by atoms with Gasteiger partial charge in [-0.25, -0.2) is 4.98 Å². The Balaban J connectivity index is 2.19. The molecule has 0 atom stereocenters. The van der Waals surface area contributed by atoms with E-state index in [-0.39, 0.29) is 0 Å². The van der Waals surface area contributed by atoms with Crippen molar-refractivity contribution in [3.05, 3.63) is 43.0 Å². The smallest absolute Gasteiger partial charge is 0.121 e. The monoisotopic (exact) mass is 266 g/mol. The number of benzene rings is 1. The summed E-state index contributed by atoms with van der Waals surface area (Å²) in [6, 6.07) is 7.93. The fourth-order valence-corrected chi connectivity index (χ4v) is 1.46. The molecular weight excluding hydrogens is 256 g/mol. The number of alkyl halides is 1. The second kappa shape index (κ2) is 4.98. The number of imidazole rings is 1. The highest BCUT2D eigenvalue weighted by Gasteiger charge is 1.97. The lowest BCUT2D eigenvalue weighted by atomic mass is 10.3. The summed E-state index contributed by atoms with van der Waals surface area (Å²) in [7, 11) is 0. The fourth-order valence-electron chi connectivity index (χ4n) is 1.30. The maximum Gasteiger partial charge on any atom is 0.121 e. The largest absolute Gasteiger partial charge is 0.493 e. The molecule has 0 aliphatic rings. The van der Waals surface area contributed by atoms with Gasteiger partial charge in [0.25, 0.3) is 0 Å². The van der Waals surface area contributed by atoms with E-state index in [1.54, 1.807) is 12.5 Å². The first kappa shape index (κ1) is 10.2. The fraction of sp³-hybridized carbons (Fsp3) is 0.182. The first-order chi connectivity index (χ1) is 7.40. The molecule has 0 amide bonds. The maximum absolute atomic E-state index is 5.51. The summed E-state index contributed by atoms with van der Waals surface area (Å²) in [6.45, 7) is 0.674. The Labute approximate surface area is 96.8 Å².